The topological polar surface area (TPSA) is 453 Å². The van der Waals surface area contributed by atoms with Crippen molar-refractivity contribution in [2.24, 2.45) is 23.2 Å². The predicted octanol–water partition coefficient (Wildman–Crippen LogP) is -7.77. The highest BCUT2D eigenvalue weighted by atomic mass is 32.1. The Kier molecular flexibility index (Phi) is 20.1. The third-order valence-corrected chi connectivity index (χ3v) is 18.3. The summed E-state index contributed by atoms with van der Waals surface area (Å²) in [7, 11) is 0. The molecule has 5 heterocycles. The molecule has 28 nitrogen and oxygen atoms in total. The summed E-state index contributed by atoms with van der Waals surface area (Å²) < 4.78 is 58.5. The summed E-state index contributed by atoms with van der Waals surface area (Å²) in [6.45, 7) is 1.93. The molecular formula is C48H78O28S. The second kappa shape index (κ2) is 25.2. The number of carbonyl (C=O) groups excluding carboxylic acids is 1. The number of aliphatic hydroxyl groups is 17. The van der Waals surface area contributed by atoms with Gasteiger partial charge in [-0.2, -0.15) is 12.6 Å². The Morgan fingerprint density at radius 1 is 0.506 bits per heavy atom. The second-order valence-electron chi connectivity index (χ2n) is 22.0. The van der Waals surface area contributed by atoms with Gasteiger partial charge < -0.3 is 134 Å². The molecule has 3 aliphatic carbocycles. The van der Waals surface area contributed by atoms with Gasteiger partial charge in [-0.15, -0.1) is 0 Å². The number of carbonyl (C=O) groups is 1. The van der Waals surface area contributed by atoms with Crippen LogP contribution in [0.15, 0.2) is 12.2 Å². The molecule has 0 aromatic heterocycles. The van der Waals surface area contributed by atoms with Crippen molar-refractivity contribution in [2.45, 2.75) is 223 Å². The molecule has 0 aromatic rings. The molecule has 444 valence electrons. The van der Waals surface area contributed by atoms with E-state index in [0.717, 1.165) is 0 Å². The molecule has 0 spiro atoms. The standard InChI is InChI=1S/C48H78O28S/c1-16-10-17-4-7-25-47(2,46(66)76-44-39(34(62)29(57)23(14-52)71-44)74-42-36(64)32(60)27(55)21(12-50)69-42)8-3-9-48(25,77)18(17)5-6-19(16)67-45-40(75-43-37(65)33(61)28(56)22(13-51)70-43)38(30(58)24(15-53)72-45)73-41-35(63)31(59)26(54)20(11-49)68-41/h17-45,49-65,77H,1,3-15H2,2H3/t17?,18-,19?,20?,21?,22?,23?,24?,25?,26?,27?,28?,29?,30?,31?,32?,33?,34?,35?,36?,37?,38?,39?,40?,41?,42?,43?,44?,45?,47-,48-/m1/s1. The highest BCUT2D eigenvalue weighted by molar-refractivity contribution is 7.81. The van der Waals surface area contributed by atoms with E-state index < -0.39 is 215 Å². The van der Waals surface area contributed by atoms with Crippen LogP contribution in [0.1, 0.15) is 58.3 Å². The number of thiol groups is 1. The maximum Gasteiger partial charge on any atom is 0.314 e. The molecule has 31 atom stereocenters. The molecule has 28 unspecified atom stereocenters. The summed E-state index contributed by atoms with van der Waals surface area (Å²) in [6, 6.07) is 0. The molecule has 0 amide bonds. The van der Waals surface area contributed by atoms with E-state index in [1.807, 2.05) is 0 Å². The van der Waals surface area contributed by atoms with E-state index in [-0.39, 0.29) is 18.3 Å². The number of aliphatic hydroxyl groups excluding tert-OH is 17. The van der Waals surface area contributed by atoms with Gasteiger partial charge in [0.05, 0.1) is 44.6 Å². The van der Waals surface area contributed by atoms with Crippen molar-refractivity contribution in [1.82, 2.24) is 0 Å². The minimum atomic E-state index is -2.00. The van der Waals surface area contributed by atoms with E-state index in [1.54, 1.807) is 6.92 Å². The van der Waals surface area contributed by atoms with E-state index >= 15 is 0 Å². The van der Waals surface area contributed by atoms with Gasteiger partial charge in [-0.05, 0) is 75.2 Å². The van der Waals surface area contributed by atoms with Crippen molar-refractivity contribution in [1.29, 1.82) is 0 Å². The molecule has 5 aliphatic heterocycles. The molecule has 29 heteroatoms. The van der Waals surface area contributed by atoms with Crippen LogP contribution in [-0.2, 0) is 52.2 Å². The third kappa shape index (κ3) is 11.8. The first-order chi connectivity index (χ1) is 36.5. The van der Waals surface area contributed by atoms with Crippen LogP contribution in [0.25, 0.3) is 0 Å². The summed E-state index contributed by atoms with van der Waals surface area (Å²) in [5.41, 5.74) is -0.712. The van der Waals surface area contributed by atoms with E-state index in [1.165, 1.54) is 0 Å². The largest absolute Gasteiger partial charge is 0.432 e. The van der Waals surface area contributed by atoms with Crippen LogP contribution in [0, 0.1) is 23.2 Å². The van der Waals surface area contributed by atoms with Crippen LogP contribution in [-0.4, -0.2) is 290 Å². The van der Waals surface area contributed by atoms with Gasteiger partial charge in [-0.3, -0.25) is 4.79 Å². The van der Waals surface area contributed by atoms with Crippen LogP contribution in [0.4, 0.5) is 0 Å². The van der Waals surface area contributed by atoms with Crippen molar-refractivity contribution >= 4 is 18.6 Å². The Hall–Kier alpha value is -1.48. The molecule has 5 saturated heterocycles. The molecule has 0 aromatic carbocycles. The molecule has 0 bridgehead atoms. The summed E-state index contributed by atoms with van der Waals surface area (Å²) in [6.07, 6.45) is -42.0. The Morgan fingerprint density at radius 2 is 0.935 bits per heavy atom. The van der Waals surface area contributed by atoms with E-state index in [2.05, 4.69) is 6.58 Å². The number of esters is 1. The van der Waals surface area contributed by atoms with Gasteiger partial charge >= 0.3 is 5.97 Å². The Bertz CT molecular complexity index is 1960. The number of rotatable bonds is 15. The summed E-state index contributed by atoms with van der Waals surface area (Å²) in [5, 5.41) is 180. The van der Waals surface area contributed by atoms with Gasteiger partial charge in [-0.1, -0.05) is 13.0 Å². The van der Waals surface area contributed by atoms with Gasteiger partial charge in [0, 0.05) is 4.75 Å². The number of ether oxygens (including phenoxy) is 10. The van der Waals surface area contributed by atoms with Gasteiger partial charge in [0.15, 0.2) is 31.3 Å². The minimum Gasteiger partial charge on any atom is -0.432 e. The summed E-state index contributed by atoms with van der Waals surface area (Å²) in [4.78, 5) is 14.8. The first-order valence-corrected chi connectivity index (χ1v) is 26.6. The number of hydrogen-bond acceptors (Lipinski definition) is 29. The first-order valence-electron chi connectivity index (χ1n) is 26.2. The predicted molar refractivity (Wildman–Crippen MR) is 253 cm³/mol. The van der Waals surface area contributed by atoms with Crippen LogP contribution in [0.2, 0.25) is 0 Å². The Morgan fingerprint density at radius 3 is 1.43 bits per heavy atom. The molecule has 3 saturated carbocycles. The Balaban J connectivity index is 1.02. The molecule has 0 radical (unpaired) electrons. The highest BCUT2D eigenvalue weighted by Gasteiger charge is 2.62. The van der Waals surface area contributed by atoms with Crippen LogP contribution in [0.5, 0.6) is 0 Å². The smallest absolute Gasteiger partial charge is 0.314 e. The van der Waals surface area contributed by atoms with Crippen LogP contribution in [0.3, 0.4) is 0 Å². The minimum absolute atomic E-state index is 0.0779. The zero-order valence-corrected chi connectivity index (χ0v) is 43.1. The molecule has 17 N–H and O–H groups in total. The van der Waals surface area contributed by atoms with Gasteiger partial charge in [0.2, 0.25) is 6.29 Å². The molecule has 8 aliphatic rings. The van der Waals surface area contributed by atoms with Crippen molar-refractivity contribution in [3.8, 4) is 0 Å². The fourth-order valence-electron chi connectivity index (χ4n) is 12.9. The fraction of sp³-hybridized carbons (Fsp3) is 0.938. The lowest BCUT2D eigenvalue weighted by atomic mass is 9.51. The van der Waals surface area contributed by atoms with Crippen molar-refractivity contribution in [2.75, 3.05) is 33.0 Å². The lowest BCUT2D eigenvalue weighted by Crippen LogP contribution is -2.67. The first kappa shape index (κ1) is 61.6. The summed E-state index contributed by atoms with van der Waals surface area (Å²) >= 11 is 5.44. The van der Waals surface area contributed by atoms with Crippen molar-refractivity contribution in [3.05, 3.63) is 12.2 Å². The lowest BCUT2D eigenvalue weighted by molar-refractivity contribution is -0.394. The molecule has 8 rings (SSSR count). The fourth-order valence-corrected chi connectivity index (χ4v) is 13.8. The maximum absolute atomic E-state index is 14.8. The highest BCUT2D eigenvalue weighted by Crippen LogP contribution is 2.62. The van der Waals surface area contributed by atoms with Crippen molar-refractivity contribution in [3.63, 3.8) is 0 Å². The lowest BCUT2D eigenvalue weighted by Gasteiger charge is -2.58. The van der Waals surface area contributed by atoms with Gasteiger partial charge in [-0.25, -0.2) is 0 Å². The van der Waals surface area contributed by atoms with E-state index in [9.17, 15) is 91.6 Å². The second-order valence-corrected chi connectivity index (χ2v) is 22.9. The normalized spacial score (nSPS) is 52.7. The van der Waals surface area contributed by atoms with E-state index in [4.69, 9.17) is 60.0 Å². The van der Waals surface area contributed by atoms with Gasteiger partial charge in [0.1, 0.15) is 116 Å². The average Bonchev–Trinajstić information content (AvgIpc) is 3.62. The molecular weight excluding hydrogens is 1060 g/mol. The monoisotopic (exact) mass is 1130 g/mol. The maximum atomic E-state index is 14.8. The van der Waals surface area contributed by atoms with Crippen LogP contribution < -0.4 is 0 Å². The molecule has 77 heavy (non-hydrogen) atoms. The van der Waals surface area contributed by atoms with Crippen molar-refractivity contribution < 1.29 is 139 Å². The van der Waals surface area contributed by atoms with Gasteiger partial charge in [0.25, 0.3) is 0 Å². The number of hydrogen-bond donors (Lipinski definition) is 18. The summed E-state index contributed by atoms with van der Waals surface area (Å²) in [5.74, 6) is -1.55. The third-order valence-electron chi connectivity index (χ3n) is 17.4. The average molecular weight is 1140 g/mol. The SMILES string of the molecule is C=C1CC2CCC3[C@](C)(C(=O)OC4OC(CO)C(O)C(O)C4OC4OC(CO)C(O)C(O)C4O)CCC[C@@]3(S)[C@@H]2CCC1OC1OC(CO)C(O)C(OC2OC(CO)C(O)C(O)C2O)C1OC1OC(CO)C(O)C(O)C1O. The Labute approximate surface area is 447 Å². The zero-order chi connectivity index (χ0) is 56.2. The quantitative estimate of drug-likeness (QED) is 0.0411. The zero-order valence-electron chi connectivity index (χ0n) is 42.2. The molecule has 8 fully saturated rings. The number of fused-ring (bicyclic) bond motifs is 3. The van der Waals surface area contributed by atoms with E-state index in [0.29, 0.717) is 50.5 Å². The van der Waals surface area contributed by atoms with Crippen LogP contribution >= 0.6 is 12.6 Å².